The number of amides is 2. The molecule has 0 spiro atoms. The number of esters is 1. The standard InChI is InChI=1S/C20H22FN3O6S/c1-12(2)18(24-19(26)15-8-3-4-9-16(15)21)20(27)30-11-17(25)23-13-6-5-7-14(10-13)31(22,28)29/h3-10,12,18H,11H2,1-2H3,(H,23,25)(H,24,26)(H2,22,28,29)/t18-/m0/s1. The summed E-state index contributed by atoms with van der Waals surface area (Å²) >= 11 is 0. The highest BCUT2D eigenvalue weighted by molar-refractivity contribution is 7.89. The first-order valence-electron chi connectivity index (χ1n) is 9.13. The summed E-state index contributed by atoms with van der Waals surface area (Å²) in [6.07, 6.45) is 0. The van der Waals surface area contributed by atoms with E-state index in [9.17, 15) is 27.2 Å². The average molecular weight is 451 g/mol. The Morgan fingerprint density at radius 2 is 1.77 bits per heavy atom. The van der Waals surface area contributed by atoms with E-state index in [1.165, 1.54) is 36.4 Å². The number of nitrogens with two attached hydrogens (primary N) is 1. The van der Waals surface area contributed by atoms with Crippen molar-refractivity contribution in [3.8, 4) is 0 Å². The van der Waals surface area contributed by atoms with E-state index in [0.29, 0.717) is 0 Å². The molecule has 0 radical (unpaired) electrons. The van der Waals surface area contributed by atoms with Crippen LogP contribution in [0.3, 0.4) is 0 Å². The molecule has 0 bridgehead atoms. The largest absolute Gasteiger partial charge is 0.454 e. The minimum Gasteiger partial charge on any atom is -0.454 e. The third-order valence-corrected chi connectivity index (χ3v) is 5.03. The molecule has 0 aliphatic heterocycles. The normalized spacial score (nSPS) is 12.2. The number of nitrogens with one attached hydrogen (secondary N) is 2. The van der Waals surface area contributed by atoms with Crippen molar-refractivity contribution in [2.24, 2.45) is 11.1 Å². The first kappa shape index (κ1) is 24.0. The van der Waals surface area contributed by atoms with Gasteiger partial charge in [0, 0.05) is 5.69 Å². The molecular formula is C20H22FN3O6S. The molecule has 166 valence electrons. The fourth-order valence-corrected chi connectivity index (χ4v) is 3.10. The fourth-order valence-electron chi connectivity index (χ4n) is 2.54. The monoisotopic (exact) mass is 451 g/mol. The lowest BCUT2D eigenvalue weighted by Gasteiger charge is -2.21. The molecule has 31 heavy (non-hydrogen) atoms. The van der Waals surface area contributed by atoms with E-state index in [0.717, 1.165) is 12.1 Å². The SMILES string of the molecule is CC(C)[C@H](NC(=O)c1ccccc1F)C(=O)OCC(=O)Nc1cccc(S(N)(=O)=O)c1. The average Bonchev–Trinajstić information content (AvgIpc) is 2.69. The van der Waals surface area contributed by atoms with Gasteiger partial charge in [0.1, 0.15) is 11.9 Å². The minimum absolute atomic E-state index is 0.140. The molecule has 0 heterocycles. The van der Waals surface area contributed by atoms with Crippen molar-refractivity contribution >= 4 is 33.5 Å². The molecule has 2 rings (SSSR count). The Morgan fingerprint density at radius 3 is 2.39 bits per heavy atom. The third kappa shape index (κ3) is 6.86. The van der Waals surface area contributed by atoms with Gasteiger partial charge >= 0.3 is 5.97 Å². The number of primary sulfonamides is 1. The number of hydrogen-bond acceptors (Lipinski definition) is 6. The Kier molecular flexibility index (Phi) is 7.83. The van der Waals surface area contributed by atoms with Crippen molar-refractivity contribution in [2.75, 3.05) is 11.9 Å². The van der Waals surface area contributed by atoms with Crippen molar-refractivity contribution in [1.29, 1.82) is 0 Å². The first-order chi connectivity index (χ1) is 14.5. The van der Waals surface area contributed by atoms with Gasteiger partial charge in [0.15, 0.2) is 6.61 Å². The molecule has 11 heteroatoms. The predicted octanol–water partition coefficient (Wildman–Crippen LogP) is 1.41. The van der Waals surface area contributed by atoms with E-state index in [1.807, 2.05) is 0 Å². The van der Waals surface area contributed by atoms with Crippen molar-refractivity contribution in [2.45, 2.75) is 24.8 Å². The lowest BCUT2D eigenvalue weighted by molar-refractivity contribution is -0.150. The van der Waals surface area contributed by atoms with Gasteiger partial charge in [-0.25, -0.2) is 22.7 Å². The van der Waals surface area contributed by atoms with Gasteiger partial charge in [-0.1, -0.05) is 32.0 Å². The zero-order chi connectivity index (χ0) is 23.2. The molecule has 2 aromatic carbocycles. The number of carbonyl (C=O) groups is 3. The summed E-state index contributed by atoms with van der Waals surface area (Å²) in [5, 5.41) is 9.82. The third-order valence-electron chi connectivity index (χ3n) is 4.12. The van der Waals surface area contributed by atoms with Crippen LogP contribution in [0.25, 0.3) is 0 Å². The topological polar surface area (TPSA) is 145 Å². The van der Waals surface area contributed by atoms with Gasteiger partial charge in [-0.3, -0.25) is 9.59 Å². The molecule has 2 aromatic rings. The van der Waals surface area contributed by atoms with Crippen molar-refractivity contribution < 1.29 is 31.9 Å². The lowest BCUT2D eigenvalue weighted by atomic mass is 10.0. The van der Waals surface area contributed by atoms with Crippen molar-refractivity contribution in [3.05, 3.63) is 59.9 Å². The summed E-state index contributed by atoms with van der Waals surface area (Å²) < 4.78 is 41.5. The summed E-state index contributed by atoms with van der Waals surface area (Å²) in [4.78, 5) is 36.5. The minimum atomic E-state index is -3.95. The van der Waals surface area contributed by atoms with Crippen LogP contribution in [0.5, 0.6) is 0 Å². The van der Waals surface area contributed by atoms with E-state index < -0.39 is 52.2 Å². The maximum absolute atomic E-state index is 13.8. The van der Waals surface area contributed by atoms with Crippen molar-refractivity contribution in [3.63, 3.8) is 0 Å². The van der Waals surface area contributed by atoms with E-state index >= 15 is 0 Å². The second kappa shape index (κ2) is 10.1. The summed E-state index contributed by atoms with van der Waals surface area (Å²) in [6, 6.07) is 9.41. The molecule has 4 N–H and O–H groups in total. The summed E-state index contributed by atoms with van der Waals surface area (Å²) in [6.45, 7) is 2.61. The molecule has 0 aliphatic rings. The van der Waals surface area contributed by atoms with Gasteiger partial charge < -0.3 is 15.4 Å². The summed E-state index contributed by atoms with van der Waals surface area (Å²) in [5.74, 6) is -3.55. The Hall–Kier alpha value is -3.31. The highest BCUT2D eigenvalue weighted by Gasteiger charge is 2.27. The Labute approximate surface area is 178 Å². The molecule has 0 aliphatic carbocycles. The number of benzene rings is 2. The second-order valence-electron chi connectivity index (χ2n) is 6.90. The second-order valence-corrected chi connectivity index (χ2v) is 8.47. The molecule has 0 fully saturated rings. The number of sulfonamides is 1. The smallest absolute Gasteiger partial charge is 0.329 e. The molecule has 9 nitrogen and oxygen atoms in total. The first-order valence-corrected chi connectivity index (χ1v) is 10.7. The molecule has 1 atom stereocenters. The highest BCUT2D eigenvalue weighted by Crippen LogP contribution is 2.14. The number of ether oxygens (including phenoxy) is 1. The van der Waals surface area contributed by atoms with Crippen LogP contribution >= 0.6 is 0 Å². The molecule has 0 aromatic heterocycles. The number of carbonyl (C=O) groups excluding carboxylic acids is 3. The van der Waals surface area contributed by atoms with Crippen LogP contribution in [0.2, 0.25) is 0 Å². The van der Waals surface area contributed by atoms with Gasteiger partial charge in [0.2, 0.25) is 10.0 Å². The lowest BCUT2D eigenvalue weighted by Crippen LogP contribution is -2.46. The number of rotatable bonds is 8. The molecule has 0 saturated heterocycles. The van der Waals surface area contributed by atoms with Crippen LogP contribution in [-0.4, -0.2) is 38.9 Å². The summed E-state index contributed by atoms with van der Waals surface area (Å²) in [7, 11) is -3.95. The van der Waals surface area contributed by atoms with Gasteiger partial charge in [-0.2, -0.15) is 0 Å². The highest BCUT2D eigenvalue weighted by atomic mass is 32.2. The van der Waals surface area contributed by atoms with Gasteiger partial charge in [0.25, 0.3) is 11.8 Å². The molecule has 0 saturated carbocycles. The van der Waals surface area contributed by atoms with Crippen LogP contribution < -0.4 is 15.8 Å². The Bertz CT molecular complexity index is 1090. The van der Waals surface area contributed by atoms with Gasteiger partial charge in [-0.05, 0) is 36.2 Å². The van der Waals surface area contributed by atoms with E-state index in [4.69, 9.17) is 9.88 Å². The zero-order valence-corrected chi connectivity index (χ0v) is 17.6. The number of halogens is 1. The number of anilines is 1. The van der Waals surface area contributed by atoms with Gasteiger partial charge in [-0.15, -0.1) is 0 Å². The van der Waals surface area contributed by atoms with Crippen LogP contribution in [0, 0.1) is 11.7 Å². The fraction of sp³-hybridized carbons (Fsp3) is 0.250. The van der Waals surface area contributed by atoms with Crippen LogP contribution in [0.1, 0.15) is 24.2 Å². The summed E-state index contributed by atoms with van der Waals surface area (Å²) in [5.41, 5.74) is -0.0886. The Balaban J connectivity index is 1.98. The molecule has 0 unspecified atom stereocenters. The molecule has 2 amide bonds. The Morgan fingerprint density at radius 1 is 1.10 bits per heavy atom. The van der Waals surface area contributed by atoms with E-state index in [1.54, 1.807) is 13.8 Å². The van der Waals surface area contributed by atoms with E-state index in [-0.39, 0.29) is 16.1 Å². The maximum Gasteiger partial charge on any atom is 0.329 e. The quantitative estimate of drug-likeness (QED) is 0.518. The maximum atomic E-state index is 13.8. The van der Waals surface area contributed by atoms with Gasteiger partial charge in [0.05, 0.1) is 10.5 Å². The predicted molar refractivity (Wildman–Crippen MR) is 110 cm³/mol. The zero-order valence-electron chi connectivity index (χ0n) is 16.8. The van der Waals surface area contributed by atoms with Crippen LogP contribution in [0.15, 0.2) is 53.4 Å². The van der Waals surface area contributed by atoms with Crippen molar-refractivity contribution in [1.82, 2.24) is 5.32 Å². The number of hydrogen-bond donors (Lipinski definition) is 3. The van der Waals surface area contributed by atoms with Crippen LogP contribution in [0.4, 0.5) is 10.1 Å². The van der Waals surface area contributed by atoms with Crippen LogP contribution in [-0.2, 0) is 24.3 Å². The van der Waals surface area contributed by atoms with E-state index in [2.05, 4.69) is 10.6 Å². The molecular weight excluding hydrogens is 429 g/mol.